The summed E-state index contributed by atoms with van der Waals surface area (Å²) in [5.41, 5.74) is -1.36. The highest BCUT2D eigenvalue weighted by atomic mass is 16.3. The Morgan fingerprint density at radius 1 is 1.03 bits per heavy atom. The van der Waals surface area contributed by atoms with Crippen LogP contribution >= 0.6 is 0 Å². The molecule has 1 saturated carbocycles. The molecule has 0 aliphatic heterocycles. The minimum absolute atomic E-state index is 0.187. The monoisotopic (exact) mass is 438 g/mol. The van der Waals surface area contributed by atoms with Crippen molar-refractivity contribution in [3.63, 3.8) is 0 Å². The minimum Gasteiger partial charge on any atom is -0.504 e. The standard InChI is InChI=1S/C26H30O6/c1-23(2)17(28)6-8-24(3)20-16(27)11-15-14(13-7-9-32-12-13)10-18(29)25(15,4)26(20,5)22(31)19(30)21(23)24/h6-9,12,16,18,20,27,29-30H,10-11H2,1-5H3/t16-,18+,20+,24+,25-,26-/m1/s1. The van der Waals surface area contributed by atoms with Crippen LogP contribution in [0.15, 0.2) is 52.1 Å². The van der Waals surface area contributed by atoms with Crippen LogP contribution in [0.25, 0.3) is 5.57 Å². The minimum atomic E-state index is -1.28. The first-order chi connectivity index (χ1) is 14.8. The number of aliphatic hydroxyl groups excluding tert-OH is 3. The number of hydrogen-bond acceptors (Lipinski definition) is 6. The Hall–Kier alpha value is -2.44. The zero-order valence-corrected chi connectivity index (χ0v) is 19.1. The summed E-state index contributed by atoms with van der Waals surface area (Å²) in [7, 11) is 0. The van der Waals surface area contributed by atoms with Gasteiger partial charge in [0.2, 0.25) is 5.78 Å². The Morgan fingerprint density at radius 2 is 1.72 bits per heavy atom. The molecule has 0 bridgehead atoms. The molecule has 1 aromatic rings. The Morgan fingerprint density at radius 3 is 2.34 bits per heavy atom. The lowest BCUT2D eigenvalue weighted by atomic mass is 9.38. The van der Waals surface area contributed by atoms with Gasteiger partial charge in [0.25, 0.3) is 0 Å². The number of carbonyl (C=O) groups is 2. The summed E-state index contributed by atoms with van der Waals surface area (Å²) in [5.74, 6) is -1.73. The van der Waals surface area contributed by atoms with Gasteiger partial charge in [0.05, 0.1) is 35.6 Å². The van der Waals surface area contributed by atoms with E-state index in [1.165, 1.54) is 6.08 Å². The molecule has 0 radical (unpaired) electrons. The van der Waals surface area contributed by atoms with Crippen molar-refractivity contribution in [2.75, 3.05) is 0 Å². The highest BCUT2D eigenvalue weighted by molar-refractivity contribution is 6.06. The number of aliphatic hydroxyl groups is 3. The Bertz CT molecular complexity index is 1140. The molecular formula is C26H30O6. The molecule has 0 unspecified atom stereocenters. The number of hydrogen-bond donors (Lipinski definition) is 3. The topological polar surface area (TPSA) is 108 Å². The van der Waals surface area contributed by atoms with Gasteiger partial charge < -0.3 is 19.7 Å². The first-order valence-electron chi connectivity index (χ1n) is 11.2. The van der Waals surface area contributed by atoms with E-state index in [4.69, 9.17) is 4.42 Å². The Balaban J connectivity index is 1.82. The van der Waals surface area contributed by atoms with Crippen LogP contribution in [-0.4, -0.2) is 39.1 Å². The third-order valence-corrected chi connectivity index (χ3v) is 9.35. The molecule has 1 fully saturated rings. The lowest BCUT2D eigenvalue weighted by Crippen LogP contribution is -2.67. The average Bonchev–Trinajstić information content (AvgIpc) is 3.32. The summed E-state index contributed by atoms with van der Waals surface area (Å²) < 4.78 is 5.26. The van der Waals surface area contributed by atoms with Crippen molar-refractivity contribution in [2.45, 2.75) is 59.7 Å². The maximum absolute atomic E-state index is 14.0. The van der Waals surface area contributed by atoms with Gasteiger partial charge >= 0.3 is 0 Å². The second-order valence-corrected chi connectivity index (χ2v) is 11.0. The summed E-state index contributed by atoms with van der Waals surface area (Å²) in [6.45, 7) is 8.95. The predicted molar refractivity (Wildman–Crippen MR) is 117 cm³/mol. The molecule has 4 aliphatic rings. The highest BCUT2D eigenvalue weighted by Crippen LogP contribution is 2.72. The maximum atomic E-state index is 14.0. The third-order valence-electron chi connectivity index (χ3n) is 9.35. The molecule has 1 aromatic heterocycles. The van der Waals surface area contributed by atoms with E-state index in [2.05, 4.69) is 0 Å². The normalized spacial score (nSPS) is 42.8. The molecule has 170 valence electrons. The fraction of sp³-hybridized carbons (Fsp3) is 0.538. The van der Waals surface area contributed by atoms with Crippen LogP contribution in [0.2, 0.25) is 0 Å². The molecule has 5 rings (SSSR count). The van der Waals surface area contributed by atoms with Gasteiger partial charge in [0, 0.05) is 22.3 Å². The molecular weight excluding hydrogens is 408 g/mol. The lowest BCUT2D eigenvalue weighted by Gasteiger charge is -2.64. The Kier molecular flexibility index (Phi) is 4.09. The largest absolute Gasteiger partial charge is 0.504 e. The van der Waals surface area contributed by atoms with E-state index < -0.39 is 51.3 Å². The molecule has 0 spiro atoms. The molecule has 0 aromatic carbocycles. The summed E-state index contributed by atoms with van der Waals surface area (Å²) in [6.07, 6.45) is 5.28. The number of furan rings is 1. The van der Waals surface area contributed by atoms with Gasteiger partial charge in [-0.1, -0.05) is 32.4 Å². The summed E-state index contributed by atoms with van der Waals surface area (Å²) in [6, 6.07) is 1.82. The third kappa shape index (κ3) is 2.13. The predicted octanol–water partition coefficient (Wildman–Crippen LogP) is 3.76. The fourth-order valence-corrected chi connectivity index (χ4v) is 7.68. The van der Waals surface area contributed by atoms with Gasteiger partial charge in [0.1, 0.15) is 0 Å². The number of carbonyl (C=O) groups excluding carboxylic acids is 2. The smallest absolute Gasteiger partial charge is 0.204 e. The van der Waals surface area contributed by atoms with Crippen molar-refractivity contribution in [3.8, 4) is 0 Å². The zero-order valence-electron chi connectivity index (χ0n) is 19.1. The molecule has 6 atom stereocenters. The van der Waals surface area contributed by atoms with Crippen molar-refractivity contribution in [1.82, 2.24) is 0 Å². The lowest BCUT2D eigenvalue weighted by molar-refractivity contribution is -0.174. The quantitative estimate of drug-likeness (QED) is 0.616. The number of Topliss-reactive ketones (excluding diaryl/α,β-unsaturated/α-hetero) is 1. The van der Waals surface area contributed by atoms with Crippen LogP contribution in [0.3, 0.4) is 0 Å². The molecule has 6 nitrogen and oxygen atoms in total. The van der Waals surface area contributed by atoms with Crippen molar-refractivity contribution >= 4 is 17.1 Å². The van der Waals surface area contributed by atoms with Crippen LogP contribution in [0.5, 0.6) is 0 Å². The van der Waals surface area contributed by atoms with Gasteiger partial charge in [-0.25, -0.2) is 0 Å². The van der Waals surface area contributed by atoms with E-state index >= 15 is 0 Å². The maximum Gasteiger partial charge on any atom is 0.204 e. The molecule has 4 aliphatic carbocycles. The number of allylic oxidation sites excluding steroid dienone is 4. The number of rotatable bonds is 1. The van der Waals surface area contributed by atoms with E-state index in [0.717, 1.165) is 16.7 Å². The van der Waals surface area contributed by atoms with Crippen molar-refractivity contribution in [3.05, 3.63) is 53.2 Å². The van der Waals surface area contributed by atoms with E-state index in [1.54, 1.807) is 39.4 Å². The van der Waals surface area contributed by atoms with Crippen molar-refractivity contribution in [2.24, 2.45) is 27.6 Å². The second kappa shape index (κ2) is 6.12. The number of ketones is 2. The molecule has 32 heavy (non-hydrogen) atoms. The molecule has 1 heterocycles. The first-order valence-corrected chi connectivity index (χ1v) is 11.2. The van der Waals surface area contributed by atoms with E-state index in [9.17, 15) is 24.9 Å². The van der Waals surface area contributed by atoms with E-state index in [-0.39, 0.29) is 5.78 Å². The first kappa shape index (κ1) is 21.4. The van der Waals surface area contributed by atoms with Gasteiger partial charge in [-0.05, 0) is 50.0 Å². The summed E-state index contributed by atoms with van der Waals surface area (Å²) in [5, 5.41) is 34.3. The van der Waals surface area contributed by atoms with Crippen molar-refractivity contribution < 1.29 is 29.3 Å². The zero-order chi connectivity index (χ0) is 23.4. The molecule has 3 N–H and O–H groups in total. The molecule has 0 amide bonds. The van der Waals surface area contributed by atoms with Gasteiger partial charge in [-0.2, -0.15) is 0 Å². The van der Waals surface area contributed by atoms with Crippen molar-refractivity contribution in [1.29, 1.82) is 0 Å². The van der Waals surface area contributed by atoms with E-state index in [1.807, 2.05) is 19.9 Å². The molecule has 0 saturated heterocycles. The van der Waals surface area contributed by atoms with Crippen LogP contribution < -0.4 is 0 Å². The van der Waals surface area contributed by atoms with Crippen LogP contribution in [0.4, 0.5) is 0 Å². The van der Waals surface area contributed by atoms with Gasteiger partial charge in [-0.3, -0.25) is 9.59 Å². The Labute approximate surface area is 187 Å². The second-order valence-electron chi connectivity index (χ2n) is 11.0. The van der Waals surface area contributed by atoms with Gasteiger partial charge in [-0.15, -0.1) is 0 Å². The SMILES string of the molecule is CC1(C)C(=O)C=C[C@]2(C)C1=C(O)C(=O)[C@@]1(C)[C@H]2[C@H](O)CC2=C(c3ccoc3)C[C@H](O)[C@@]21C. The average molecular weight is 439 g/mol. The van der Waals surface area contributed by atoms with E-state index in [0.29, 0.717) is 18.4 Å². The molecule has 6 heteroatoms. The van der Waals surface area contributed by atoms with Crippen LogP contribution in [-0.2, 0) is 9.59 Å². The summed E-state index contributed by atoms with van der Waals surface area (Å²) in [4.78, 5) is 26.7. The van der Waals surface area contributed by atoms with Crippen LogP contribution in [0, 0.1) is 27.6 Å². The highest BCUT2D eigenvalue weighted by Gasteiger charge is 2.73. The number of fused-ring (bicyclic) bond motifs is 5. The van der Waals surface area contributed by atoms with Crippen LogP contribution in [0.1, 0.15) is 53.0 Å². The van der Waals surface area contributed by atoms with Gasteiger partial charge in [0.15, 0.2) is 11.5 Å². The summed E-state index contributed by atoms with van der Waals surface area (Å²) >= 11 is 0. The fourth-order valence-electron chi connectivity index (χ4n) is 7.68.